The summed E-state index contributed by atoms with van der Waals surface area (Å²) in [6.07, 6.45) is 1.72. The number of rotatable bonds is 7. The summed E-state index contributed by atoms with van der Waals surface area (Å²) in [6, 6.07) is 9.99. The van der Waals surface area contributed by atoms with Crippen molar-refractivity contribution in [3.05, 3.63) is 36.6 Å². The molecule has 1 aromatic carbocycles. The molecule has 0 bridgehead atoms. The Kier molecular flexibility index (Phi) is 5.81. The van der Waals surface area contributed by atoms with Crippen molar-refractivity contribution in [2.24, 2.45) is 0 Å². The molecule has 0 saturated carbocycles. The molecule has 0 aliphatic rings. The Morgan fingerprint density at radius 3 is 1.83 bits per heavy atom. The van der Waals surface area contributed by atoms with Crippen molar-refractivity contribution in [3.8, 4) is 22.8 Å². The van der Waals surface area contributed by atoms with Gasteiger partial charge in [0.1, 0.15) is 5.75 Å². The minimum atomic E-state index is -2.03. The molecule has 132 valence electrons. The SMILES string of the molecule is COc1ccc(-c2ccoc2O[Si](C(C)C)(C(C)C)C(C)C)cc1. The van der Waals surface area contributed by atoms with Crippen LogP contribution in [0.5, 0.6) is 11.7 Å². The van der Waals surface area contributed by atoms with Gasteiger partial charge in [0.2, 0.25) is 0 Å². The first-order valence-corrected chi connectivity index (χ1v) is 10.9. The quantitative estimate of drug-likeness (QED) is 0.536. The van der Waals surface area contributed by atoms with Crippen LogP contribution < -0.4 is 9.16 Å². The van der Waals surface area contributed by atoms with E-state index in [0.717, 1.165) is 16.9 Å². The van der Waals surface area contributed by atoms with Gasteiger partial charge in [-0.2, -0.15) is 0 Å². The lowest BCUT2D eigenvalue weighted by Crippen LogP contribution is -2.50. The molecular formula is C20H30O3Si. The molecule has 0 unspecified atom stereocenters. The highest BCUT2D eigenvalue weighted by molar-refractivity contribution is 6.78. The zero-order valence-corrected chi connectivity index (χ0v) is 16.9. The number of hydrogen-bond donors (Lipinski definition) is 0. The second kappa shape index (κ2) is 7.47. The molecule has 0 atom stereocenters. The van der Waals surface area contributed by atoms with Gasteiger partial charge in [-0.3, -0.25) is 0 Å². The predicted molar refractivity (Wildman–Crippen MR) is 102 cm³/mol. The van der Waals surface area contributed by atoms with Crippen LogP contribution in [0.2, 0.25) is 16.6 Å². The first-order chi connectivity index (χ1) is 11.3. The Labute approximate surface area is 147 Å². The van der Waals surface area contributed by atoms with Crippen molar-refractivity contribution in [2.45, 2.75) is 58.2 Å². The second-order valence-corrected chi connectivity index (χ2v) is 12.6. The van der Waals surface area contributed by atoms with Crippen molar-refractivity contribution in [3.63, 3.8) is 0 Å². The van der Waals surface area contributed by atoms with E-state index in [-0.39, 0.29) is 0 Å². The third kappa shape index (κ3) is 3.39. The third-order valence-electron chi connectivity index (χ3n) is 5.01. The smallest absolute Gasteiger partial charge is 0.278 e. The summed E-state index contributed by atoms with van der Waals surface area (Å²) in [4.78, 5) is 0. The van der Waals surface area contributed by atoms with E-state index >= 15 is 0 Å². The fourth-order valence-electron chi connectivity index (χ4n) is 3.87. The zero-order chi connectivity index (χ0) is 17.9. The van der Waals surface area contributed by atoms with E-state index < -0.39 is 8.32 Å². The van der Waals surface area contributed by atoms with Crippen LogP contribution in [0.1, 0.15) is 41.5 Å². The molecule has 0 radical (unpaired) electrons. The molecule has 0 fully saturated rings. The van der Waals surface area contributed by atoms with Gasteiger partial charge in [0.05, 0.1) is 18.9 Å². The van der Waals surface area contributed by atoms with Crippen LogP contribution in [0.15, 0.2) is 41.0 Å². The van der Waals surface area contributed by atoms with Gasteiger partial charge in [-0.05, 0) is 40.4 Å². The fraction of sp³-hybridized carbons (Fsp3) is 0.500. The maximum Gasteiger partial charge on any atom is 0.278 e. The fourth-order valence-corrected chi connectivity index (χ4v) is 9.06. The molecule has 2 aromatic rings. The largest absolute Gasteiger partial charge is 0.517 e. The second-order valence-electron chi connectivity index (χ2n) is 7.27. The van der Waals surface area contributed by atoms with Gasteiger partial charge in [-0.25, -0.2) is 0 Å². The van der Waals surface area contributed by atoms with Crippen LogP contribution in [-0.4, -0.2) is 15.4 Å². The van der Waals surface area contributed by atoms with E-state index in [1.54, 1.807) is 13.4 Å². The molecule has 0 aliphatic carbocycles. The predicted octanol–water partition coefficient (Wildman–Crippen LogP) is 6.51. The highest BCUT2D eigenvalue weighted by Crippen LogP contribution is 2.45. The topological polar surface area (TPSA) is 31.6 Å². The van der Waals surface area contributed by atoms with Gasteiger partial charge in [0.25, 0.3) is 14.3 Å². The average Bonchev–Trinajstić information content (AvgIpc) is 2.99. The Hall–Kier alpha value is -1.68. The van der Waals surface area contributed by atoms with Gasteiger partial charge in [-0.15, -0.1) is 0 Å². The lowest BCUT2D eigenvalue weighted by molar-refractivity contribution is 0.360. The molecule has 0 saturated heterocycles. The van der Waals surface area contributed by atoms with Crippen molar-refractivity contribution in [2.75, 3.05) is 7.11 Å². The Bertz CT molecular complexity index is 619. The monoisotopic (exact) mass is 346 g/mol. The standard InChI is InChI=1S/C20H30O3Si/c1-14(2)24(15(3)4,16(5)6)23-20-19(12-13-22-20)17-8-10-18(21-7)11-9-17/h8-16H,1-7H3. The molecule has 0 N–H and O–H groups in total. The maximum absolute atomic E-state index is 6.71. The van der Waals surface area contributed by atoms with Gasteiger partial charge in [-0.1, -0.05) is 53.7 Å². The number of hydrogen-bond acceptors (Lipinski definition) is 3. The Balaban J connectivity index is 2.41. The molecule has 1 aromatic heterocycles. The minimum Gasteiger partial charge on any atom is -0.517 e. The first kappa shape index (κ1) is 18.7. The first-order valence-electron chi connectivity index (χ1n) is 8.73. The summed E-state index contributed by atoms with van der Waals surface area (Å²) in [5.41, 5.74) is 3.61. The van der Waals surface area contributed by atoms with Crippen LogP contribution in [0.25, 0.3) is 11.1 Å². The third-order valence-corrected chi connectivity index (χ3v) is 11.0. The number of benzene rings is 1. The summed E-state index contributed by atoms with van der Waals surface area (Å²) in [5, 5.41) is 0. The van der Waals surface area contributed by atoms with E-state index in [4.69, 9.17) is 13.6 Å². The van der Waals surface area contributed by atoms with E-state index in [0.29, 0.717) is 22.6 Å². The van der Waals surface area contributed by atoms with Crippen molar-refractivity contribution >= 4 is 8.32 Å². The maximum atomic E-state index is 6.71. The van der Waals surface area contributed by atoms with Crippen LogP contribution in [0.4, 0.5) is 0 Å². The molecule has 4 heteroatoms. The highest BCUT2D eigenvalue weighted by Gasteiger charge is 2.48. The van der Waals surface area contributed by atoms with Gasteiger partial charge >= 0.3 is 0 Å². The summed E-state index contributed by atoms with van der Waals surface area (Å²) < 4.78 is 17.7. The molecule has 3 nitrogen and oxygen atoms in total. The number of ether oxygens (including phenoxy) is 1. The Morgan fingerprint density at radius 1 is 0.833 bits per heavy atom. The van der Waals surface area contributed by atoms with Crippen LogP contribution in [0.3, 0.4) is 0 Å². The van der Waals surface area contributed by atoms with Gasteiger partial charge < -0.3 is 13.6 Å². The molecular weight excluding hydrogens is 316 g/mol. The number of methoxy groups -OCH3 is 1. The van der Waals surface area contributed by atoms with E-state index in [2.05, 4.69) is 41.5 Å². The molecule has 0 spiro atoms. The molecule has 1 heterocycles. The molecule has 24 heavy (non-hydrogen) atoms. The van der Waals surface area contributed by atoms with Crippen molar-refractivity contribution in [1.82, 2.24) is 0 Å². The normalized spacial score (nSPS) is 12.2. The minimum absolute atomic E-state index is 0.506. The lowest BCUT2D eigenvalue weighted by atomic mass is 10.1. The van der Waals surface area contributed by atoms with Crippen molar-refractivity contribution < 1.29 is 13.6 Å². The Morgan fingerprint density at radius 2 is 1.38 bits per heavy atom. The molecule has 0 aliphatic heterocycles. The summed E-state index contributed by atoms with van der Waals surface area (Å²) in [6.45, 7) is 13.7. The summed E-state index contributed by atoms with van der Waals surface area (Å²) in [7, 11) is -0.357. The van der Waals surface area contributed by atoms with Crippen LogP contribution in [0, 0.1) is 0 Å². The van der Waals surface area contributed by atoms with E-state index in [1.807, 2.05) is 30.3 Å². The zero-order valence-electron chi connectivity index (χ0n) is 15.9. The van der Waals surface area contributed by atoms with E-state index in [1.165, 1.54) is 0 Å². The lowest BCUT2D eigenvalue weighted by Gasteiger charge is -2.41. The van der Waals surface area contributed by atoms with E-state index in [9.17, 15) is 0 Å². The van der Waals surface area contributed by atoms with Crippen LogP contribution in [-0.2, 0) is 0 Å². The summed E-state index contributed by atoms with van der Waals surface area (Å²) >= 11 is 0. The van der Waals surface area contributed by atoms with Crippen molar-refractivity contribution in [1.29, 1.82) is 0 Å². The molecule has 2 rings (SSSR count). The average molecular weight is 347 g/mol. The van der Waals surface area contributed by atoms with Crippen LogP contribution >= 0.6 is 0 Å². The highest BCUT2D eigenvalue weighted by atomic mass is 28.4. The van der Waals surface area contributed by atoms with Gasteiger partial charge in [0.15, 0.2) is 0 Å². The summed E-state index contributed by atoms with van der Waals surface area (Å²) in [5.74, 6) is 1.50. The molecule has 0 amide bonds. The van der Waals surface area contributed by atoms with Gasteiger partial charge in [0, 0.05) is 0 Å². The number of furan rings is 1.